The fourth-order valence-corrected chi connectivity index (χ4v) is 1.26. The fourth-order valence-electron chi connectivity index (χ4n) is 1.26. The molecule has 0 radical (unpaired) electrons. The Morgan fingerprint density at radius 2 is 1.85 bits per heavy atom. The molecule has 0 amide bonds. The number of nitrogens with zero attached hydrogens (tertiary/aromatic N) is 1. The molecule has 1 heterocycles. The summed E-state index contributed by atoms with van der Waals surface area (Å²) in [5.41, 5.74) is 2.36. The molecule has 2 aromatic rings. The van der Waals surface area contributed by atoms with E-state index >= 15 is 0 Å². The minimum atomic E-state index is 0. The summed E-state index contributed by atoms with van der Waals surface area (Å²) in [6, 6.07) is 10.2. The molecular formula is C10H14InNS. The molecule has 0 N–H and O–H groups in total. The zero-order chi connectivity index (χ0) is 7.68. The number of aryl methyl sites for hydroxylation is 1. The Morgan fingerprint density at radius 3 is 2.54 bits per heavy atom. The van der Waals surface area contributed by atoms with Gasteiger partial charge in [0.05, 0.1) is 5.52 Å². The number of pyridine rings is 1. The van der Waals surface area contributed by atoms with Crippen LogP contribution in [0.1, 0.15) is 5.56 Å². The van der Waals surface area contributed by atoms with Crippen LogP contribution in [0.25, 0.3) is 10.9 Å². The molecule has 13 heavy (non-hydrogen) atoms. The molecule has 0 aliphatic carbocycles. The average molecular weight is 295 g/mol. The van der Waals surface area contributed by atoms with Gasteiger partial charge in [-0.05, 0) is 24.6 Å². The second kappa shape index (κ2) is 5.55. The molecule has 1 aromatic carbocycles. The second-order valence-electron chi connectivity index (χ2n) is 2.64. The molecule has 0 fully saturated rings. The first-order valence-electron chi connectivity index (χ1n) is 3.68. The van der Waals surface area contributed by atoms with E-state index < -0.39 is 0 Å². The number of hydrogen-bond donors (Lipinski definition) is 0. The maximum atomic E-state index is 4.24. The quantitative estimate of drug-likeness (QED) is 0.717. The Morgan fingerprint density at radius 1 is 1.08 bits per heavy atom. The first-order chi connectivity index (χ1) is 5.38. The molecule has 0 bridgehead atoms. The fraction of sp³-hybridized carbons (Fsp3) is 0.100. The first-order valence-corrected chi connectivity index (χ1v) is 3.68. The normalized spacial score (nSPS) is 8.69. The van der Waals surface area contributed by atoms with Crippen LogP contribution in [-0.2, 0) is 0 Å². The predicted octanol–water partition coefficient (Wildman–Crippen LogP) is 1.47. The van der Waals surface area contributed by atoms with E-state index in [1.54, 1.807) is 0 Å². The van der Waals surface area contributed by atoms with Crippen molar-refractivity contribution in [1.29, 1.82) is 0 Å². The summed E-state index contributed by atoms with van der Waals surface area (Å²) in [7, 11) is 0. The van der Waals surface area contributed by atoms with E-state index in [-0.39, 0.29) is 39.3 Å². The minimum absolute atomic E-state index is 0. The molecule has 0 aliphatic rings. The third-order valence-corrected chi connectivity index (χ3v) is 1.86. The van der Waals surface area contributed by atoms with Gasteiger partial charge < -0.3 is 0 Å². The van der Waals surface area contributed by atoms with Crippen molar-refractivity contribution < 1.29 is 0 Å². The van der Waals surface area contributed by atoms with Crippen LogP contribution in [0.4, 0.5) is 0 Å². The summed E-state index contributed by atoms with van der Waals surface area (Å²) < 4.78 is 0. The molecule has 0 spiro atoms. The van der Waals surface area contributed by atoms with Crippen LogP contribution in [0.15, 0.2) is 36.5 Å². The molecule has 0 saturated carbocycles. The topological polar surface area (TPSA) is 12.9 Å². The SMILES string of the molecule is Cc1cccc2ncccc12.S.[InH3]. The molecule has 2 rings (SSSR count). The van der Waals surface area contributed by atoms with Crippen molar-refractivity contribution >= 4 is 50.2 Å². The van der Waals surface area contributed by atoms with Gasteiger partial charge in [-0.2, -0.15) is 13.5 Å². The van der Waals surface area contributed by atoms with Crippen LogP contribution in [0.5, 0.6) is 0 Å². The van der Waals surface area contributed by atoms with Crippen LogP contribution in [-0.4, -0.2) is 30.8 Å². The van der Waals surface area contributed by atoms with Crippen LogP contribution in [0, 0.1) is 6.92 Å². The van der Waals surface area contributed by atoms with Crippen molar-refractivity contribution in [3.63, 3.8) is 0 Å². The predicted molar refractivity (Wildman–Crippen MR) is 66.8 cm³/mol. The average Bonchev–Trinajstić information content (AvgIpc) is 2.06. The Hall–Kier alpha value is -0.150. The van der Waals surface area contributed by atoms with Crippen LogP contribution >= 0.6 is 13.5 Å². The van der Waals surface area contributed by atoms with Crippen LogP contribution < -0.4 is 0 Å². The molecule has 0 saturated heterocycles. The molecule has 68 valence electrons. The van der Waals surface area contributed by atoms with E-state index in [0.29, 0.717) is 0 Å². The van der Waals surface area contributed by atoms with Crippen molar-refractivity contribution in [3.8, 4) is 0 Å². The van der Waals surface area contributed by atoms with Gasteiger partial charge in [-0.3, -0.25) is 4.98 Å². The number of benzene rings is 1. The number of hydrogen-bond acceptors (Lipinski definition) is 1. The maximum absolute atomic E-state index is 4.24. The summed E-state index contributed by atoms with van der Waals surface area (Å²) >= 11 is 0. The molecule has 0 aliphatic heterocycles. The molecule has 0 atom stereocenters. The molecule has 1 aromatic heterocycles. The van der Waals surface area contributed by atoms with E-state index in [1.807, 2.05) is 24.4 Å². The first kappa shape index (κ1) is 12.9. The zero-order valence-corrected chi connectivity index (χ0v) is 7.91. The number of rotatable bonds is 0. The third kappa shape index (κ3) is 2.64. The van der Waals surface area contributed by atoms with Crippen molar-refractivity contribution in [2.24, 2.45) is 0 Å². The van der Waals surface area contributed by atoms with E-state index in [2.05, 4.69) is 24.0 Å². The molecule has 1 nitrogen and oxygen atoms in total. The van der Waals surface area contributed by atoms with Crippen molar-refractivity contribution in [2.75, 3.05) is 0 Å². The number of fused-ring (bicyclic) bond motifs is 1. The van der Waals surface area contributed by atoms with Gasteiger partial charge in [0.2, 0.25) is 0 Å². The van der Waals surface area contributed by atoms with Gasteiger partial charge in [0.15, 0.2) is 0 Å². The summed E-state index contributed by atoms with van der Waals surface area (Å²) in [6.45, 7) is 2.10. The van der Waals surface area contributed by atoms with Crippen molar-refractivity contribution in [3.05, 3.63) is 42.1 Å². The molecule has 3 heteroatoms. The van der Waals surface area contributed by atoms with E-state index in [0.717, 1.165) is 5.52 Å². The van der Waals surface area contributed by atoms with Gasteiger partial charge in [-0.25, -0.2) is 0 Å². The zero-order valence-electron chi connectivity index (χ0n) is 6.91. The van der Waals surface area contributed by atoms with E-state index in [9.17, 15) is 0 Å². The standard InChI is InChI=1S/C10H9N.In.H2S.3H/c1-8-4-2-6-10-9(8)5-3-7-11-10;;;;;/h2-7H,1H3;;1H2;;;. The van der Waals surface area contributed by atoms with Gasteiger partial charge in [0.1, 0.15) is 0 Å². The summed E-state index contributed by atoms with van der Waals surface area (Å²) in [4.78, 5) is 4.24. The Kier molecular flexibility index (Phi) is 5.49. The third-order valence-electron chi connectivity index (χ3n) is 1.86. The van der Waals surface area contributed by atoms with Gasteiger partial charge in [-0.1, -0.05) is 18.2 Å². The summed E-state index contributed by atoms with van der Waals surface area (Å²) in [5, 5.41) is 1.25. The Labute approximate surface area is 104 Å². The Bertz CT molecular complexity index is 384. The van der Waals surface area contributed by atoms with Gasteiger partial charge in [0.25, 0.3) is 0 Å². The second-order valence-corrected chi connectivity index (χ2v) is 2.64. The van der Waals surface area contributed by atoms with Crippen molar-refractivity contribution in [1.82, 2.24) is 4.98 Å². The van der Waals surface area contributed by atoms with Gasteiger partial charge in [0, 0.05) is 11.6 Å². The van der Waals surface area contributed by atoms with E-state index in [4.69, 9.17) is 0 Å². The van der Waals surface area contributed by atoms with Crippen LogP contribution in [0.3, 0.4) is 0 Å². The molecule has 0 unspecified atom stereocenters. The van der Waals surface area contributed by atoms with E-state index in [1.165, 1.54) is 10.9 Å². The summed E-state index contributed by atoms with van der Waals surface area (Å²) in [6.07, 6.45) is 1.82. The van der Waals surface area contributed by atoms with Gasteiger partial charge >= 0.3 is 25.8 Å². The molecular weight excluding hydrogens is 281 g/mol. The monoisotopic (exact) mass is 295 g/mol. The Balaban J connectivity index is 0.000000720. The van der Waals surface area contributed by atoms with Crippen LogP contribution in [0.2, 0.25) is 0 Å². The number of aromatic nitrogens is 1. The van der Waals surface area contributed by atoms with Gasteiger partial charge in [-0.15, -0.1) is 0 Å². The van der Waals surface area contributed by atoms with Crippen molar-refractivity contribution in [2.45, 2.75) is 6.92 Å². The summed E-state index contributed by atoms with van der Waals surface area (Å²) in [5.74, 6) is 0.